The van der Waals surface area contributed by atoms with E-state index in [2.05, 4.69) is 4.72 Å². The minimum atomic E-state index is -4.37. The Morgan fingerprint density at radius 3 is 2.05 bits per heavy atom. The summed E-state index contributed by atoms with van der Waals surface area (Å²) in [6.45, 7) is 0. The third-order valence-electron chi connectivity index (χ3n) is 2.46. The molecule has 0 fully saturated rings. The second-order valence-corrected chi connectivity index (χ2v) is 7.14. The summed E-state index contributed by atoms with van der Waals surface area (Å²) in [5.41, 5.74) is 0.255. The number of nitrogens with one attached hydrogen (secondary N) is 1. The Morgan fingerprint density at radius 2 is 1.53 bits per heavy atom. The lowest BCUT2D eigenvalue weighted by Gasteiger charge is -2.10. The molecule has 0 amide bonds. The first-order chi connectivity index (χ1) is 8.68. The molecule has 102 valence electrons. The zero-order valence-corrected chi connectivity index (χ0v) is 11.5. The first kappa shape index (κ1) is 13.8. The summed E-state index contributed by atoms with van der Waals surface area (Å²) >= 11 is 0. The van der Waals surface area contributed by atoms with Gasteiger partial charge in [0.1, 0.15) is 4.90 Å². The van der Waals surface area contributed by atoms with Crippen molar-refractivity contribution in [3.8, 4) is 0 Å². The van der Waals surface area contributed by atoms with Crippen LogP contribution in [0.15, 0.2) is 41.3 Å². The van der Waals surface area contributed by atoms with Crippen molar-refractivity contribution in [1.29, 1.82) is 0 Å². The van der Waals surface area contributed by atoms with Crippen molar-refractivity contribution in [3.63, 3.8) is 0 Å². The molecule has 8 heteroatoms. The molecule has 0 aromatic heterocycles. The Bertz CT molecular complexity index is 841. The molecule has 0 heterocycles. The van der Waals surface area contributed by atoms with Gasteiger partial charge in [0.15, 0.2) is 0 Å². The molecule has 0 spiro atoms. The van der Waals surface area contributed by atoms with Crippen LogP contribution in [-0.4, -0.2) is 27.6 Å². The van der Waals surface area contributed by atoms with E-state index in [0.717, 1.165) is 12.3 Å². The van der Waals surface area contributed by atoms with Gasteiger partial charge in [0.05, 0.1) is 11.9 Å². The Labute approximate surface area is 110 Å². The first-order valence-electron chi connectivity index (χ1n) is 5.15. The van der Waals surface area contributed by atoms with Crippen LogP contribution in [0.25, 0.3) is 10.8 Å². The zero-order valence-electron chi connectivity index (χ0n) is 9.86. The van der Waals surface area contributed by atoms with Crippen LogP contribution in [-0.2, 0) is 20.1 Å². The van der Waals surface area contributed by atoms with E-state index in [-0.39, 0.29) is 16.0 Å². The van der Waals surface area contributed by atoms with Gasteiger partial charge in [-0.25, -0.2) is 8.42 Å². The zero-order chi connectivity index (χ0) is 14.3. The molecule has 0 bridgehead atoms. The van der Waals surface area contributed by atoms with Gasteiger partial charge in [0.2, 0.25) is 10.0 Å². The Morgan fingerprint density at radius 1 is 0.947 bits per heavy atom. The second kappa shape index (κ2) is 4.48. The topological polar surface area (TPSA) is 101 Å². The summed E-state index contributed by atoms with van der Waals surface area (Å²) < 4.78 is 56.5. The van der Waals surface area contributed by atoms with Gasteiger partial charge in [-0.1, -0.05) is 24.3 Å². The number of fused-ring (bicyclic) bond motifs is 1. The summed E-state index contributed by atoms with van der Waals surface area (Å²) in [7, 11) is -7.85. The molecule has 0 aliphatic rings. The van der Waals surface area contributed by atoms with Crippen molar-refractivity contribution in [2.45, 2.75) is 4.90 Å². The van der Waals surface area contributed by atoms with Gasteiger partial charge in [-0.2, -0.15) is 8.42 Å². The predicted octanol–water partition coefficient (Wildman–Crippen LogP) is 1.46. The molecule has 0 aliphatic carbocycles. The van der Waals surface area contributed by atoms with Crippen molar-refractivity contribution in [3.05, 3.63) is 36.4 Å². The lowest BCUT2D eigenvalue weighted by molar-refractivity contribution is 0.484. The van der Waals surface area contributed by atoms with Gasteiger partial charge >= 0.3 is 0 Å². The first-order valence-corrected chi connectivity index (χ1v) is 8.49. The summed E-state index contributed by atoms with van der Waals surface area (Å²) in [6, 6.07) is 8.76. The monoisotopic (exact) mass is 301 g/mol. The normalized spacial score (nSPS) is 12.5. The van der Waals surface area contributed by atoms with Crippen LogP contribution in [0.3, 0.4) is 0 Å². The molecule has 0 radical (unpaired) electrons. The number of rotatable bonds is 3. The standard InChI is InChI=1S/C11H11NO5S2/c1-18(13,14)12-10-6-7-11(19(15,16)17)9-5-3-2-4-8(9)10/h2-7,12H,1H3,(H,15,16,17). The maximum absolute atomic E-state index is 11.3. The number of anilines is 1. The molecule has 0 aliphatic heterocycles. The van der Waals surface area contributed by atoms with Crippen molar-refractivity contribution < 1.29 is 21.4 Å². The molecule has 0 unspecified atom stereocenters. The lowest BCUT2D eigenvalue weighted by Crippen LogP contribution is -2.10. The Hall–Kier alpha value is -1.64. The van der Waals surface area contributed by atoms with Gasteiger partial charge in [0, 0.05) is 10.8 Å². The molecule has 2 N–H and O–H groups in total. The number of hydrogen-bond acceptors (Lipinski definition) is 4. The van der Waals surface area contributed by atoms with E-state index in [9.17, 15) is 16.8 Å². The average Bonchev–Trinajstić information content (AvgIpc) is 2.25. The summed E-state index contributed by atoms with van der Waals surface area (Å²) in [5, 5.41) is 0.640. The van der Waals surface area contributed by atoms with E-state index in [1.54, 1.807) is 18.2 Å². The molecule has 0 atom stereocenters. The van der Waals surface area contributed by atoms with Crippen LogP contribution in [0.5, 0.6) is 0 Å². The fourth-order valence-corrected chi connectivity index (χ4v) is 3.06. The van der Waals surface area contributed by atoms with Crippen molar-refractivity contribution in [1.82, 2.24) is 0 Å². The molecule has 2 aromatic rings. The molecular formula is C11H11NO5S2. The van der Waals surface area contributed by atoms with Crippen LogP contribution in [0.4, 0.5) is 5.69 Å². The highest BCUT2D eigenvalue weighted by Gasteiger charge is 2.16. The van der Waals surface area contributed by atoms with Gasteiger partial charge < -0.3 is 0 Å². The molecule has 0 saturated carbocycles. The van der Waals surface area contributed by atoms with Gasteiger partial charge in [0.25, 0.3) is 10.1 Å². The molecule has 2 rings (SSSR count). The molecule has 0 saturated heterocycles. The van der Waals surface area contributed by atoms with Crippen LogP contribution < -0.4 is 4.72 Å². The van der Waals surface area contributed by atoms with Crippen molar-refractivity contribution >= 4 is 36.6 Å². The third kappa shape index (κ3) is 3.03. The highest BCUT2D eigenvalue weighted by molar-refractivity contribution is 7.92. The van der Waals surface area contributed by atoms with E-state index in [1.807, 2.05) is 0 Å². The van der Waals surface area contributed by atoms with E-state index in [1.165, 1.54) is 12.1 Å². The molecule has 19 heavy (non-hydrogen) atoms. The van der Waals surface area contributed by atoms with Crippen LogP contribution in [0, 0.1) is 0 Å². The van der Waals surface area contributed by atoms with E-state index in [0.29, 0.717) is 5.39 Å². The van der Waals surface area contributed by atoms with Crippen LogP contribution >= 0.6 is 0 Å². The largest absolute Gasteiger partial charge is 0.295 e. The quantitative estimate of drug-likeness (QED) is 0.836. The second-order valence-electron chi connectivity index (χ2n) is 4.01. The van der Waals surface area contributed by atoms with Gasteiger partial charge in [-0.3, -0.25) is 9.27 Å². The maximum Gasteiger partial charge on any atom is 0.295 e. The van der Waals surface area contributed by atoms with Gasteiger partial charge in [-0.05, 0) is 12.1 Å². The maximum atomic E-state index is 11.3. The SMILES string of the molecule is CS(=O)(=O)Nc1ccc(S(=O)(=O)O)c2ccccc12. The van der Waals surface area contributed by atoms with Crippen molar-refractivity contribution in [2.75, 3.05) is 11.0 Å². The lowest BCUT2D eigenvalue weighted by atomic mass is 10.1. The Balaban J connectivity index is 2.80. The Kier molecular flexibility index (Phi) is 3.25. The summed E-state index contributed by atoms with van der Waals surface area (Å²) in [6.07, 6.45) is 0.998. The smallest absolute Gasteiger partial charge is 0.283 e. The van der Waals surface area contributed by atoms with E-state index >= 15 is 0 Å². The summed E-state index contributed by atoms with van der Waals surface area (Å²) in [5.74, 6) is 0. The molecular weight excluding hydrogens is 290 g/mol. The fraction of sp³-hybridized carbons (Fsp3) is 0.0909. The third-order valence-corrected chi connectivity index (χ3v) is 3.96. The molecule has 6 nitrogen and oxygen atoms in total. The molecule has 2 aromatic carbocycles. The predicted molar refractivity (Wildman–Crippen MR) is 72.2 cm³/mol. The highest BCUT2D eigenvalue weighted by atomic mass is 32.2. The number of hydrogen-bond donors (Lipinski definition) is 2. The minimum Gasteiger partial charge on any atom is -0.283 e. The van der Waals surface area contributed by atoms with Gasteiger partial charge in [-0.15, -0.1) is 0 Å². The fourth-order valence-electron chi connectivity index (χ4n) is 1.79. The number of sulfonamides is 1. The van der Waals surface area contributed by atoms with E-state index in [4.69, 9.17) is 4.55 Å². The highest BCUT2D eigenvalue weighted by Crippen LogP contribution is 2.29. The summed E-state index contributed by atoms with van der Waals surface area (Å²) in [4.78, 5) is -0.262. The number of benzene rings is 2. The van der Waals surface area contributed by atoms with Crippen LogP contribution in [0.1, 0.15) is 0 Å². The van der Waals surface area contributed by atoms with Crippen LogP contribution in [0.2, 0.25) is 0 Å². The van der Waals surface area contributed by atoms with Crippen molar-refractivity contribution in [2.24, 2.45) is 0 Å². The minimum absolute atomic E-state index is 0.249. The van der Waals surface area contributed by atoms with E-state index < -0.39 is 20.1 Å². The average molecular weight is 301 g/mol.